The lowest BCUT2D eigenvalue weighted by molar-refractivity contribution is -0.107. The maximum absolute atomic E-state index is 10.0. The minimum absolute atomic E-state index is 0.500. The van der Waals surface area contributed by atoms with Gasteiger partial charge in [0.05, 0.1) is 21.3 Å². The highest BCUT2D eigenvalue weighted by Gasteiger charge is 2.10. The Morgan fingerprint density at radius 2 is 1.39 bits per heavy atom. The van der Waals surface area contributed by atoms with E-state index in [1.165, 1.54) is 0 Å². The molecule has 23 heavy (non-hydrogen) atoms. The minimum atomic E-state index is 0.500. The van der Waals surface area contributed by atoms with Gasteiger partial charge >= 0.3 is 0 Å². The zero-order valence-electron chi connectivity index (χ0n) is 13.8. The molecule has 122 valence electrons. The summed E-state index contributed by atoms with van der Waals surface area (Å²) >= 11 is 0. The number of methoxy groups -OCH3 is 3. The molecular formula is C19H22O4. The number of aldehydes is 1. The maximum atomic E-state index is 10.0. The van der Waals surface area contributed by atoms with Crippen molar-refractivity contribution in [3.8, 4) is 17.2 Å². The van der Waals surface area contributed by atoms with Gasteiger partial charge in [-0.05, 0) is 42.7 Å². The SMILES string of the molecule is [CH2]c1cc(OC)c(OC)c(OC)c1.[CH2]c1ccc(CC=O)cc1. The molecule has 2 aromatic carbocycles. The van der Waals surface area contributed by atoms with E-state index in [4.69, 9.17) is 14.2 Å². The van der Waals surface area contributed by atoms with Gasteiger partial charge in [0.25, 0.3) is 0 Å². The summed E-state index contributed by atoms with van der Waals surface area (Å²) in [5.74, 6) is 1.86. The Morgan fingerprint density at radius 1 is 0.870 bits per heavy atom. The van der Waals surface area contributed by atoms with E-state index in [1.54, 1.807) is 33.5 Å². The van der Waals surface area contributed by atoms with Crippen molar-refractivity contribution in [1.29, 1.82) is 0 Å². The Bertz CT molecular complexity index is 593. The predicted molar refractivity (Wildman–Crippen MR) is 91.2 cm³/mol. The molecule has 0 aliphatic carbocycles. The van der Waals surface area contributed by atoms with Gasteiger partial charge in [-0.3, -0.25) is 0 Å². The lowest BCUT2D eigenvalue weighted by Crippen LogP contribution is -1.95. The largest absolute Gasteiger partial charge is 0.493 e. The molecule has 0 heterocycles. The first kappa shape index (κ1) is 18.6. The molecule has 0 amide bonds. The average Bonchev–Trinajstić information content (AvgIpc) is 2.56. The first-order chi connectivity index (χ1) is 11.0. The van der Waals surface area contributed by atoms with Crippen LogP contribution in [0.25, 0.3) is 0 Å². The predicted octanol–water partition coefficient (Wildman–Crippen LogP) is 3.50. The van der Waals surface area contributed by atoms with E-state index in [0.29, 0.717) is 23.7 Å². The Labute approximate surface area is 138 Å². The van der Waals surface area contributed by atoms with Crippen molar-refractivity contribution in [2.45, 2.75) is 6.42 Å². The lowest BCUT2D eigenvalue weighted by atomic mass is 10.1. The molecule has 0 unspecified atom stereocenters. The van der Waals surface area contributed by atoms with Gasteiger partial charge in [-0.1, -0.05) is 24.3 Å². The summed E-state index contributed by atoms with van der Waals surface area (Å²) in [4.78, 5) is 10.0. The van der Waals surface area contributed by atoms with Gasteiger partial charge in [-0.2, -0.15) is 0 Å². The molecule has 0 bridgehead atoms. The number of carbonyl (C=O) groups is 1. The molecule has 0 saturated heterocycles. The van der Waals surface area contributed by atoms with Crippen LogP contribution in [0.3, 0.4) is 0 Å². The topological polar surface area (TPSA) is 44.8 Å². The molecule has 4 nitrogen and oxygen atoms in total. The van der Waals surface area contributed by atoms with E-state index in [-0.39, 0.29) is 0 Å². The summed E-state index contributed by atoms with van der Waals surface area (Å²) in [5, 5.41) is 0. The minimum Gasteiger partial charge on any atom is -0.493 e. The van der Waals surface area contributed by atoms with E-state index < -0.39 is 0 Å². The second-order valence-electron chi connectivity index (χ2n) is 4.72. The van der Waals surface area contributed by atoms with Crippen molar-refractivity contribution < 1.29 is 19.0 Å². The summed E-state index contributed by atoms with van der Waals surface area (Å²) in [7, 11) is 4.73. The van der Waals surface area contributed by atoms with Gasteiger partial charge in [-0.25, -0.2) is 0 Å². The van der Waals surface area contributed by atoms with Crippen LogP contribution in [0.2, 0.25) is 0 Å². The van der Waals surface area contributed by atoms with Crippen molar-refractivity contribution in [2.75, 3.05) is 21.3 Å². The van der Waals surface area contributed by atoms with E-state index in [9.17, 15) is 4.79 Å². The molecule has 2 radical (unpaired) electrons. The van der Waals surface area contributed by atoms with Crippen molar-refractivity contribution in [3.05, 3.63) is 66.9 Å². The fraction of sp³-hybridized carbons (Fsp3) is 0.211. The van der Waals surface area contributed by atoms with Gasteiger partial charge < -0.3 is 19.0 Å². The zero-order chi connectivity index (χ0) is 17.2. The molecule has 4 heteroatoms. The summed E-state index contributed by atoms with van der Waals surface area (Å²) in [6.45, 7) is 7.53. The number of benzene rings is 2. The lowest BCUT2D eigenvalue weighted by Gasteiger charge is -2.12. The van der Waals surface area contributed by atoms with E-state index in [2.05, 4.69) is 13.8 Å². The highest BCUT2D eigenvalue weighted by molar-refractivity contribution is 5.55. The van der Waals surface area contributed by atoms with E-state index >= 15 is 0 Å². The summed E-state index contributed by atoms with van der Waals surface area (Å²) in [6, 6.07) is 11.2. The van der Waals surface area contributed by atoms with Gasteiger partial charge in [0, 0.05) is 6.42 Å². The van der Waals surface area contributed by atoms with Gasteiger partial charge in [0.15, 0.2) is 11.5 Å². The third-order valence-corrected chi connectivity index (χ3v) is 3.07. The fourth-order valence-electron chi connectivity index (χ4n) is 1.91. The average molecular weight is 314 g/mol. The van der Waals surface area contributed by atoms with Gasteiger partial charge in [-0.15, -0.1) is 0 Å². The number of hydrogen-bond donors (Lipinski definition) is 0. The Morgan fingerprint density at radius 3 is 1.78 bits per heavy atom. The van der Waals surface area contributed by atoms with Crippen LogP contribution in [0.1, 0.15) is 16.7 Å². The van der Waals surface area contributed by atoms with Crippen LogP contribution in [0.5, 0.6) is 17.2 Å². The van der Waals surface area contributed by atoms with Crippen molar-refractivity contribution in [1.82, 2.24) is 0 Å². The third-order valence-electron chi connectivity index (χ3n) is 3.07. The quantitative estimate of drug-likeness (QED) is 0.792. The second-order valence-corrected chi connectivity index (χ2v) is 4.72. The smallest absolute Gasteiger partial charge is 0.203 e. The number of rotatable bonds is 5. The molecular weight excluding hydrogens is 292 g/mol. The molecule has 0 fully saturated rings. The molecule has 0 saturated carbocycles. The van der Waals surface area contributed by atoms with Crippen LogP contribution >= 0.6 is 0 Å². The molecule has 0 aliphatic heterocycles. The number of hydrogen-bond acceptors (Lipinski definition) is 4. The summed E-state index contributed by atoms with van der Waals surface area (Å²) in [5.41, 5.74) is 2.85. The summed E-state index contributed by atoms with van der Waals surface area (Å²) < 4.78 is 15.4. The fourth-order valence-corrected chi connectivity index (χ4v) is 1.91. The molecule has 0 aliphatic rings. The highest BCUT2D eigenvalue weighted by atomic mass is 16.5. The van der Waals surface area contributed by atoms with E-state index in [0.717, 1.165) is 23.0 Å². The normalized spacial score (nSPS) is 9.43. The molecule has 0 atom stereocenters. The third kappa shape index (κ3) is 5.66. The molecule has 0 N–H and O–H groups in total. The number of carbonyl (C=O) groups excluding carboxylic acids is 1. The molecule has 0 spiro atoms. The Kier molecular flexibility index (Phi) is 7.67. The second kappa shape index (κ2) is 9.51. The van der Waals surface area contributed by atoms with Crippen molar-refractivity contribution in [2.24, 2.45) is 0 Å². The van der Waals surface area contributed by atoms with Crippen LogP contribution in [-0.2, 0) is 11.2 Å². The van der Waals surface area contributed by atoms with E-state index in [1.807, 2.05) is 24.3 Å². The summed E-state index contributed by atoms with van der Waals surface area (Å²) in [6.07, 6.45) is 1.40. The first-order valence-corrected chi connectivity index (χ1v) is 7.02. The standard InChI is InChI=1S/C10H13O3.C9H9O/c1-7-5-8(11-2)10(13-4)9(6-7)12-3;1-8-2-4-9(5-3-8)6-7-10/h5-6H,1H2,2-4H3;2-5,7H,1,6H2. The van der Waals surface area contributed by atoms with Crippen molar-refractivity contribution >= 4 is 6.29 Å². The number of ether oxygens (including phenoxy) is 3. The monoisotopic (exact) mass is 314 g/mol. The molecule has 0 aromatic heterocycles. The Balaban J connectivity index is 0.000000238. The van der Waals surface area contributed by atoms with Crippen molar-refractivity contribution in [3.63, 3.8) is 0 Å². The zero-order valence-corrected chi connectivity index (χ0v) is 13.8. The first-order valence-electron chi connectivity index (χ1n) is 7.02. The van der Waals surface area contributed by atoms with Crippen LogP contribution in [0.4, 0.5) is 0 Å². The highest BCUT2D eigenvalue weighted by Crippen LogP contribution is 2.37. The molecule has 2 aromatic rings. The van der Waals surface area contributed by atoms with Crippen LogP contribution in [-0.4, -0.2) is 27.6 Å². The van der Waals surface area contributed by atoms with Crippen LogP contribution in [0, 0.1) is 13.8 Å². The van der Waals surface area contributed by atoms with Gasteiger partial charge in [0.1, 0.15) is 6.29 Å². The van der Waals surface area contributed by atoms with Crippen LogP contribution in [0.15, 0.2) is 36.4 Å². The van der Waals surface area contributed by atoms with Crippen LogP contribution < -0.4 is 14.2 Å². The van der Waals surface area contributed by atoms with Gasteiger partial charge in [0.2, 0.25) is 5.75 Å². The maximum Gasteiger partial charge on any atom is 0.203 e. The molecule has 2 rings (SSSR count). The Hall–Kier alpha value is -2.49.